The molecule has 1 rings (SSSR count). The van der Waals surface area contributed by atoms with E-state index in [-0.39, 0.29) is 0 Å². The predicted molar refractivity (Wildman–Crippen MR) is 95.5 cm³/mol. The number of rotatable bonds is 9. The van der Waals surface area contributed by atoms with E-state index in [9.17, 15) is 0 Å². The molecule has 0 saturated carbocycles. The number of benzene rings is 1. The van der Waals surface area contributed by atoms with E-state index in [1.807, 2.05) is 0 Å². The fourth-order valence-corrected chi connectivity index (χ4v) is 3.02. The number of thioether (sulfide) groups is 1. The lowest BCUT2D eigenvalue weighted by molar-refractivity contribution is 0.112. The number of diazo groups is 1. The van der Waals surface area contributed by atoms with E-state index in [1.54, 1.807) is 36.0 Å². The molecule has 0 heterocycles. The Kier molecular flexibility index (Phi) is 9.55. The molecule has 0 saturated heterocycles. The molecule has 0 aliphatic heterocycles. The Bertz CT molecular complexity index is 485. The molecule has 0 aromatic heterocycles. The predicted octanol–water partition coefficient (Wildman–Crippen LogP) is 3.93. The Morgan fingerprint density at radius 1 is 1.18 bits per heavy atom. The van der Waals surface area contributed by atoms with Gasteiger partial charge in [0, 0.05) is 31.0 Å². The van der Waals surface area contributed by atoms with Gasteiger partial charge < -0.3 is 14.4 Å². The smallest absolute Gasteiger partial charge is 0.385 e. The maximum absolute atomic E-state index is 8.58. The zero-order chi connectivity index (χ0) is 16.2. The highest BCUT2D eigenvalue weighted by molar-refractivity contribution is 8.22. The highest BCUT2D eigenvalue weighted by atomic mass is 32.2. The van der Waals surface area contributed by atoms with Gasteiger partial charge in [-0.25, -0.2) is 0 Å². The minimum absolute atomic E-state index is 0.487. The number of ether oxygens (including phenoxy) is 2. The average molecular weight is 340 g/mol. The molecule has 120 valence electrons. The summed E-state index contributed by atoms with van der Waals surface area (Å²) < 4.78 is 12.0. The SMILES string of the molecule is CCN(CC)C(=S)SCCOCCOc1ccc([N+]#N)cc1. The van der Waals surface area contributed by atoms with Gasteiger partial charge in [0.25, 0.3) is 0 Å². The van der Waals surface area contributed by atoms with Gasteiger partial charge in [0.1, 0.15) is 16.7 Å². The van der Waals surface area contributed by atoms with Crippen LogP contribution in [0.15, 0.2) is 24.3 Å². The van der Waals surface area contributed by atoms with Crippen LogP contribution in [0.2, 0.25) is 0 Å². The van der Waals surface area contributed by atoms with Crippen LogP contribution in [0.25, 0.3) is 4.98 Å². The molecule has 0 aliphatic rings. The summed E-state index contributed by atoms with van der Waals surface area (Å²) >= 11 is 6.99. The molecular formula is C15H22N3O2S2+. The molecule has 0 bridgehead atoms. The van der Waals surface area contributed by atoms with Gasteiger partial charge in [-0.2, -0.15) is 0 Å². The molecule has 1 aromatic carbocycles. The maximum Gasteiger partial charge on any atom is 0.385 e. The molecule has 0 aliphatic carbocycles. The molecule has 5 nitrogen and oxygen atoms in total. The quantitative estimate of drug-likeness (QED) is 0.386. The Morgan fingerprint density at radius 2 is 1.86 bits per heavy atom. The minimum atomic E-state index is 0.487. The van der Waals surface area contributed by atoms with Crippen molar-refractivity contribution in [3.8, 4) is 5.75 Å². The molecule has 0 spiro atoms. The van der Waals surface area contributed by atoms with Gasteiger partial charge in [-0.15, -0.1) is 0 Å². The highest BCUT2D eigenvalue weighted by Gasteiger charge is 2.05. The van der Waals surface area contributed by atoms with Crippen molar-refractivity contribution in [3.63, 3.8) is 0 Å². The molecule has 0 atom stereocenters. The van der Waals surface area contributed by atoms with E-state index in [0.717, 1.165) is 28.9 Å². The summed E-state index contributed by atoms with van der Waals surface area (Å²) in [5, 5.41) is 8.58. The van der Waals surface area contributed by atoms with Crippen LogP contribution < -0.4 is 4.74 Å². The third kappa shape index (κ3) is 7.07. The van der Waals surface area contributed by atoms with Crippen molar-refractivity contribution in [3.05, 3.63) is 29.2 Å². The van der Waals surface area contributed by atoms with Crippen LogP contribution in [0.4, 0.5) is 5.69 Å². The first-order valence-electron chi connectivity index (χ1n) is 7.28. The first-order chi connectivity index (χ1) is 10.7. The molecule has 0 N–H and O–H groups in total. The Labute approximate surface area is 141 Å². The summed E-state index contributed by atoms with van der Waals surface area (Å²) in [5.74, 6) is 1.58. The van der Waals surface area contributed by atoms with E-state index in [1.165, 1.54) is 0 Å². The van der Waals surface area contributed by atoms with E-state index < -0.39 is 0 Å². The standard InChI is InChI=1S/C15H22N3O2S2/c1-3-18(4-2)15(21)22-12-11-19-9-10-20-14-7-5-13(17-16)6-8-14/h5-8H,3-4,9-12H2,1-2H3/q+1. The van der Waals surface area contributed by atoms with E-state index in [0.29, 0.717) is 25.5 Å². The van der Waals surface area contributed by atoms with Crippen LogP contribution in [0.3, 0.4) is 0 Å². The normalized spacial score (nSPS) is 10.0. The lowest BCUT2D eigenvalue weighted by Gasteiger charge is -2.20. The summed E-state index contributed by atoms with van der Waals surface area (Å²) in [6.07, 6.45) is 0. The van der Waals surface area contributed by atoms with E-state index >= 15 is 0 Å². The highest BCUT2D eigenvalue weighted by Crippen LogP contribution is 2.17. The topological polar surface area (TPSA) is 49.9 Å². The zero-order valence-corrected chi connectivity index (χ0v) is 14.7. The molecule has 0 amide bonds. The van der Waals surface area contributed by atoms with Gasteiger partial charge in [-0.05, 0) is 26.0 Å². The zero-order valence-electron chi connectivity index (χ0n) is 13.0. The summed E-state index contributed by atoms with van der Waals surface area (Å²) in [4.78, 5) is 5.24. The largest absolute Gasteiger partial charge is 0.491 e. The van der Waals surface area contributed by atoms with Gasteiger partial charge >= 0.3 is 5.69 Å². The van der Waals surface area contributed by atoms with Crippen LogP contribution in [0, 0.1) is 5.39 Å². The fraction of sp³-hybridized carbons (Fsp3) is 0.533. The third-order valence-corrected chi connectivity index (χ3v) is 4.41. The van der Waals surface area contributed by atoms with Crippen LogP contribution in [0.1, 0.15) is 13.8 Å². The Balaban J connectivity index is 2.06. The van der Waals surface area contributed by atoms with Crippen LogP contribution in [-0.4, -0.2) is 47.9 Å². The molecule has 0 unspecified atom stereocenters. The van der Waals surface area contributed by atoms with Gasteiger partial charge in [-0.1, -0.05) is 24.0 Å². The van der Waals surface area contributed by atoms with Crippen molar-refractivity contribution < 1.29 is 9.47 Å². The Hall–Kier alpha value is -1.36. The molecule has 0 radical (unpaired) electrons. The molecule has 0 fully saturated rings. The average Bonchev–Trinajstić information content (AvgIpc) is 2.55. The summed E-state index contributed by atoms with van der Waals surface area (Å²) in [7, 11) is 0. The lowest BCUT2D eigenvalue weighted by Crippen LogP contribution is -2.27. The molecule has 22 heavy (non-hydrogen) atoms. The summed E-state index contributed by atoms with van der Waals surface area (Å²) in [5.41, 5.74) is 0.504. The fourth-order valence-electron chi connectivity index (χ4n) is 1.69. The van der Waals surface area contributed by atoms with Crippen LogP contribution in [0.5, 0.6) is 5.75 Å². The number of hydrogen-bond donors (Lipinski definition) is 0. The van der Waals surface area contributed by atoms with Gasteiger partial charge in [0.05, 0.1) is 13.2 Å². The van der Waals surface area contributed by atoms with E-state index in [2.05, 4.69) is 23.7 Å². The van der Waals surface area contributed by atoms with Gasteiger partial charge in [-0.3, -0.25) is 0 Å². The second-order valence-corrected chi connectivity index (χ2v) is 6.07. The first-order valence-corrected chi connectivity index (χ1v) is 8.68. The van der Waals surface area contributed by atoms with Crippen molar-refractivity contribution in [1.82, 2.24) is 4.90 Å². The first kappa shape index (κ1) is 18.7. The Morgan fingerprint density at radius 3 is 2.45 bits per heavy atom. The van der Waals surface area contributed by atoms with Crippen molar-refractivity contribution in [2.24, 2.45) is 0 Å². The number of thiocarbonyl (C=S) groups is 1. The second-order valence-electron chi connectivity index (χ2n) is 4.34. The van der Waals surface area contributed by atoms with Gasteiger partial charge in [0.2, 0.25) is 5.39 Å². The molecule has 7 heteroatoms. The third-order valence-electron chi connectivity index (χ3n) is 2.92. The summed E-state index contributed by atoms with van der Waals surface area (Å²) in [6, 6.07) is 6.88. The van der Waals surface area contributed by atoms with Gasteiger partial charge in [0.15, 0.2) is 4.98 Å². The lowest BCUT2D eigenvalue weighted by atomic mass is 10.3. The minimum Gasteiger partial charge on any atom is -0.491 e. The molecule has 1 aromatic rings. The summed E-state index contributed by atoms with van der Waals surface area (Å²) in [6.45, 7) is 7.76. The van der Waals surface area contributed by atoms with E-state index in [4.69, 9.17) is 27.1 Å². The van der Waals surface area contributed by atoms with Crippen molar-refractivity contribution in [2.75, 3.05) is 38.7 Å². The van der Waals surface area contributed by atoms with Crippen LogP contribution in [-0.2, 0) is 4.74 Å². The van der Waals surface area contributed by atoms with Crippen LogP contribution >= 0.6 is 24.0 Å². The van der Waals surface area contributed by atoms with Crippen molar-refractivity contribution >= 4 is 34.0 Å². The number of hydrogen-bond acceptors (Lipinski definition) is 5. The second kappa shape index (κ2) is 11.2. The molecular weight excluding hydrogens is 318 g/mol. The monoisotopic (exact) mass is 340 g/mol. The van der Waals surface area contributed by atoms with Crippen molar-refractivity contribution in [2.45, 2.75) is 13.8 Å². The maximum atomic E-state index is 8.58. The van der Waals surface area contributed by atoms with Crippen molar-refractivity contribution in [1.29, 1.82) is 5.39 Å². The number of nitrogens with zero attached hydrogens (tertiary/aromatic N) is 3.